The predicted molar refractivity (Wildman–Crippen MR) is 121 cm³/mol. The third-order valence-electron chi connectivity index (χ3n) is 4.21. The highest BCUT2D eigenvalue weighted by molar-refractivity contribution is 7.92. The molecule has 2 aromatic rings. The van der Waals surface area contributed by atoms with Crippen molar-refractivity contribution in [2.75, 3.05) is 29.6 Å². The molecule has 168 valence electrons. The molecule has 0 saturated carbocycles. The Kier molecular flexibility index (Phi) is 8.16. The fourth-order valence-corrected chi connectivity index (χ4v) is 4.43. The van der Waals surface area contributed by atoms with Gasteiger partial charge in [-0.05, 0) is 50.2 Å². The molecule has 1 unspecified atom stereocenters. The van der Waals surface area contributed by atoms with Crippen molar-refractivity contribution >= 4 is 56.5 Å². The molecule has 0 spiro atoms. The Labute approximate surface area is 191 Å². The lowest BCUT2D eigenvalue weighted by atomic mass is 10.2. The molecule has 1 atom stereocenters. The lowest BCUT2D eigenvalue weighted by Gasteiger charge is -2.28. The zero-order valence-electron chi connectivity index (χ0n) is 17.3. The van der Waals surface area contributed by atoms with E-state index in [1.54, 1.807) is 6.92 Å². The first-order chi connectivity index (χ1) is 14.5. The van der Waals surface area contributed by atoms with Crippen molar-refractivity contribution in [2.45, 2.75) is 19.9 Å². The van der Waals surface area contributed by atoms with Gasteiger partial charge in [-0.1, -0.05) is 23.2 Å². The monoisotopic (exact) mass is 488 g/mol. The molecule has 0 saturated heterocycles. The maximum Gasteiger partial charge on any atom is 0.339 e. The molecule has 0 aliphatic rings. The highest BCUT2D eigenvalue weighted by Crippen LogP contribution is 2.31. The summed E-state index contributed by atoms with van der Waals surface area (Å²) < 4.78 is 35.9. The number of carbonyl (C=O) groups excluding carboxylic acids is 2. The van der Waals surface area contributed by atoms with Crippen LogP contribution in [-0.4, -0.2) is 46.3 Å². The molecule has 8 nitrogen and oxygen atoms in total. The van der Waals surface area contributed by atoms with Gasteiger partial charge in [-0.25, -0.2) is 13.2 Å². The lowest BCUT2D eigenvalue weighted by Crippen LogP contribution is -2.45. The molecule has 1 N–H and O–H groups in total. The predicted octanol–water partition coefficient (Wildman–Crippen LogP) is 3.97. The zero-order chi connectivity index (χ0) is 23.3. The minimum atomic E-state index is -3.85. The number of esters is 1. The summed E-state index contributed by atoms with van der Waals surface area (Å²) in [5, 5.41) is 2.95. The minimum Gasteiger partial charge on any atom is -0.495 e. The summed E-state index contributed by atoms with van der Waals surface area (Å²) in [6.07, 6.45) is 0.982. The van der Waals surface area contributed by atoms with Crippen LogP contribution in [0.5, 0.6) is 5.75 Å². The van der Waals surface area contributed by atoms with Crippen molar-refractivity contribution in [3.05, 3.63) is 52.0 Å². The van der Waals surface area contributed by atoms with Crippen LogP contribution in [0, 0.1) is 0 Å². The maximum atomic E-state index is 12.8. The van der Waals surface area contributed by atoms with Crippen LogP contribution in [-0.2, 0) is 19.6 Å². The molecule has 0 bridgehead atoms. The van der Waals surface area contributed by atoms with E-state index >= 15 is 0 Å². The van der Waals surface area contributed by atoms with Gasteiger partial charge < -0.3 is 14.8 Å². The van der Waals surface area contributed by atoms with Crippen molar-refractivity contribution in [1.82, 2.24) is 0 Å². The SMILES string of the molecule is CCOC(=O)c1cc(NC(=O)C(C)N(c2ccc(OC)c(Cl)c2)S(C)(=O)=O)ccc1Cl. The van der Waals surface area contributed by atoms with Crippen LogP contribution >= 0.6 is 23.2 Å². The van der Waals surface area contributed by atoms with Crippen LogP contribution in [0.3, 0.4) is 0 Å². The van der Waals surface area contributed by atoms with Crippen molar-refractivity contribution in [3.63, 3.8) is 0 Å². The minimum absolute atomic E-state index is 0.0795. The summed E-state index contributed by atoms with van der Waals surface area (Å²) in [6, 6.07) is 7.53. The first-order valence-electron chi connectivity index (χ1n) is 9.10. The van der Waals surface area contributed by atoms with Crippen LogP contribution < -0.4 is 14.4 Å². The van der Waals surface area contributed by atoms with Gasteiger partial charge in [0.15, 0.2) is 0 Å². The van der Waals surface area contributed by atoms with E-state index in [9.17, 15) is 18.0 Å². The number of nitrogens with zero attached hydrogens (tertiary/aromatic N) is 1. The summed E-state index contributed by atoms with van der Waals surface area (Å²) in [7, 11) is -2.42. The van der Waals surface area contributed by atoms with Crippen LogP contribution in [0.4, 0.5) is 11.4 Å². The average molecular weight is 489 g/mol. The fourth-order valence-electron chi connectivity index (χ4n) is 2.82. The Morgan fingerprint density at radius 2 is 1.81 bits per heavy atom. The number of methoxy groups -OCH3 is 1. The van der Waals surface area contributed by atoms with Gasteiger partial charge >= 0.3 is 5.97 Å². The average Bonchev–Trinajstić information content (AvgIpc) is 2.68. The standard InChI is InChI=1S/C20H22Cl2N2O6S/c1-5-30-20(26)15-10-13(6-8-16(15)21)23-19(25)12(2)24(31(4,27)28)14-7-9-18(29-3)17(22)11-14/h6-12H,5H2,1-4H3,(H,23,25). The van der Waals surface area contributed by atoms with Gasteiger partial charge in [-0.15, -0.1) is 0 Å². The third-order valence-corrected chi connectivity index (χ3v) is 6.07. The largest absolute Gasteiger partial charge is 0.495 e. The summed E-state index contributed by atoms with van der Waals surface area (Å²) >= 11 is 12.2. The number of carbonyl (C=O) groups is 2. The van der Waals surface area contributed by atoms with E-state index in [1.165, 1.54) is 50.4 Å². The second kappa shape index (κ2) is 10.2. The number of anilines is 2. The molecule has 0 aliphatic heterocycles. The number of sulfonamides is 1. The maximum absolute atomic E-state index is 12.8. The first-order valence-corrected chi connectivity index (χ1v) is 11.7. The molecule has 2 rings (SSSR count). The smallest absolute Gasteiger partial charge is 0.339 e. The van der Waals surface area contributed by atoms with Gasteiger partial charge in [0.1, 0.15) is 11.8 Å². The molecule has 0 aliphatic carbocycles. The lowest BCUT2D eigenvalue weighted by molar-refractivity contribution is -0.116. The highest BCUT2D eigenvalue weighted by Gasteiger charge is 2.30. The normalized spacial score (nSPS) is 12.1. The van der Waals surface area contributed by atoms with Gasteiger partial charge in [0.05, 0.1) is 41.3 Å². The molecule has 11 heteroatoms. The molecule has 31 heavy (non-hydrogen) atoms. The number of rotatable bonds is 8. The van der Waals surface area contributed by atoms with Gasteiger partial charge in [0.25, 0.3) is 0 Å². The molecule has 0 radical (unpaired) electrons. The molecule has 2 aromatic carbocycles. The molecule has 0 aromatic heterocycles. The first kappa shape index (κ1) is 24.8. The van der Waals surface area contributed by atoms with E-state index in [0.29, 0.717) is 5.75 Å². The van der Waals surface area contributed by atoms with Gasteiger partial charge in [-0.2, -0.15) is 0 Å². The Hall–Kier alpha value is -2.49. The molecular weight excluding hydrogens is 467 g/mol. The fraction of sp³-hybridized carbons (Fsp3) is 0.300. The second-order valence-corrected chi connectivity index (χ2v) is 9.13. The van der Waals surface area contributed by atoms with E-state index < -0.39 is 27.9 Å². The van der Waals surface area contributed by atoms with Gasteiger partial charge in [0, 0.05) is 5.69 Å². The van der Waals surface area contributed by atoms with E-state index in [-0.39, 0.29) is 33.6 Å². The van der Waals surface area contributed by atoms with Crippen LogP contribution in [0.15, 0.2) is 36.4 Å². The molecule has 0 heterocycles. The summed E-state index contributed by atoms with van der Waals surface area (Å²) in [4.78, 5) is 24.9. The number of hydrogen-bond acceptors (Lipinski definition) is 6. The van der Waals surface area contributed by atoms with Gasteiger partial charge in [-0.3, -0.25) is 9.10 Å². The molecule has 1 amide bonds. The van der Waals surface area contributed by atoms with Crippen molar-refractivity contribution in [3.8, 4) is 5.75 Å². The van der Waals surface area contributed by atoms with E-state index in [1.807, 2.05) is 0 Å². The Bertz CT molecular complexity index is 1090. The summed E-state index contributed by atoms with van der Waals surface area (Å²) in [6.45, 7) is 3.25. The van der Waals surface area contributed by atoms with E-state index in [0.717, 1.165) is 10.6 Å². The molecule has 0 fully saturated rings. The highest BCUT2D eigenvalue weighted by atomic mass is 35.5. The Balaban J connectivity index is 2.34. The van der Waals surface area contributed by atoms with Crippen LogP contribution in [0.25, 0.3) is 0 Å². The number of amides is 1. The number of hydrogen-bond donors (Lipinski definition) is 1. The summed E-state index contributed by atoms with van der Waals surface area (Å²) in [5.41, 5.74) is 0.528. The topological polar surface area (TPSA) is 102 Å². The zero-order valence-corrected chi connectivity index (χ0v) is 19.6. The van der Waals surface area contributed by atoms with Crippen LogP contribution in [0.1, 0.15) is 24.2 Å². The number of ether oxygens (including phenoxy) is 2. The quantitative estimate of drug-likeness (QED) is 0.563. The van der Waals surface area contributed by atoms with Gasteiger partial charge in [0.2, 0.25) is 15.9 Å². The van der Waals surface area contributed by atoms with E-state index in [2.05, 4.69) is 5.32 Å². The van der Waals surface area contributed by atoms with E-state index in [4.69, 9.17) is 32.7 Å². The summed E-state index contributed by atoms with van der Waals surface area (Å²) in [5.74, 6) is -0.902. The number of halogens is 2. The number of nitrogens with one attached hydrogen (secondary N) is 1. The third kappa shape index (κ3) is 6.03. The Morgan fingerprint density at radius 3 is 2.35 bits per heavy atom. The van der Waals surface area contributed by atoms with Crippen LogP contribution in [0.2, 0.25) is 10.0 Å². The molecular formula is C20H22Cl2N2O6S. The van der Waals surface area contributed by atoms with Crippen molar-refractivity contribution in [1.29, 1.82) is 0 Å². The van der Waals surface area contributed by atoms with Crippen molar-refractivity contribution in [2.24, 2.45) is 0 Å². The number of benzene rings is 2. The van der Waals surface area contributed by atoms with Crippen molar-refractivity contribution < 1.29 is 27.5 Å². The second-order valence-electron chi connectivity index (χ2n) is 6.46. The Morgan fingerprint density at radius 1 is 1.13 bits per heavy atom.